The summed E-state index contributed by atoms with van der Waals surface area (Å²) in [7, 11) is 4.26. The summed E-state index contributed by atoms with van der Waals surface area (Å²) in [5.74, 6) is 1.68. The number of hydrogen-bond acceptors (Lipinski definition) is 2. The fraction of sp³-hybridized carbons (Fsp3) is 1.00. The van der Waals surface area contributed by atoms with E-state index in [0.29, 0.717) is 0 Å². The highest BCUT2D eigenvalue weighted by atomic mass is 16.5. The van der Waals surface area contributed by atoms with Crippen LogP contribution in [0.5, 0.6) is 0 Å². The molecule has 1 unspecified atom stereocenters. The minimum Gasteiger partial charge on any atom is -0.381 e. The number of nitrogens with zero attached hydrogens (tertiary/aromatic N) is 1. The van der Waals surface area contributed by atoms with E-state index in [1.807, 2.05) is 0 Å². The molecule has 0 aromatic rings. The quantitative estimate of drug-likeness (QED) is 0.608. The first kappa shape index (κ1) is 9.01. The van der Waals surface area contributed by atoms with Crippen LogP contribution in [0, 0.1) is 11.8 Å². The first-order chi connectivity index (χ1) is 5.20. The van der Waals surface area contributed by atoms with Crippen LogP contribution in [0.25, 0.3) is 0 Å². The van der Waals surface area contributed by atoms with E-state index in [9.17, 15) is 0 Å². The van der Waals surface area contributed by atoms with Gasteiger partial charge in [0.2, 0.25) is 0 Å². The zero-order valence-corrected chi connectivity index (χ0v) is 7.84. The van der Waals surface area contributed by atoms with E-state index >= 15 is 0 Å². The zero-order valence-electron chi connectivity index (χ0n) is 7.84. The molecule has 66 valence electrons. The molecule has 0 aromatic carbocycles. The lowest BCUT2D eigenvalue weighted by molar-refractivity contribution is -0.0592. The van der Waals surface area contributed by atoms with Crippen LogP contribution in [0.1, 0.15) is 13.3 Å². The van der Waals surface area contributed by atoms with Gasteiger partial charge in [-0.15, -0.1) is 0 Å². The number of hydrogen-bond donors (Lipinski definition) is 0. The topological polar surface area (TPSA) is 12.5 Å². The van der Waals surface area contributed by atoms with Crippen LogP contribution in [0.15, 0.2) is 0 Å². The minimum absolute atomic E-state index is 0.839. The van der Waals surface area contributed by atoms with Gasteiger partial charge >= 0.3 is 0 Å². The number of rotatable bonds is 4. The normalized spacial score (nSPS) is 21.8. The van der Waals surface area contributed by atoms with Crippen LogP contribution >= 0.6 is 0 Å². The van der Waals surface area contributed by atoms with Crippen LogP contribution in [-0.4, -0.2) is 38.8 Å². The van der Waals surface area contributed by atoms with Gasteiger partial charge in [0.05, 0.1) is 13.2 Å². The van der Waals surface area contributed by atoms with Gasteiger partial charge in [0, 0.05) is 5.92 Å². The standard InChI is InChI=1S/C9H19NO/c1-8(4-5-10(2)3)9-6-11-7-9/h8-9H,4-7H2,1-3H3. The van der Waals surface area contributed by atoms with Crippen LogP contribution in [0.3, 0.4) is 0 Å². The maximum Gasteiger partial charge on any atom is 0.0519 e. The molecule has 1 heterocycles. The highest BCUT2D eigenvalue weighted by Crippen LogP contribution is 2.22. The van der Waals surface area contributed by atoms with Crippen molar-refractivity contribution in [1.82, 2.24) is 4.90 Å². The van der Waals surface area contributed by atoms with Gasteiger partial charge in [0.15, 0.2) is 0 Å². The molecule has 0 amide bonds. The summed E-state index contributed by atoms with van der Waals surface area (Å²) >= 11 is 0. The molecule has 2 heteroatoms. The predicted octanol–water partition coefficient (Wildman–Crippen LogP) is 1.22. The van der Waals surface area contributed by atoms with Crippen molar-refractivity contribution in [2.24, 2.45) is 11.8 Å². The van der Waals surface area contributed by atoms with Crippen molar-refractivity contribution < 1.29 is 4.74 Å². The van der Waals surface area contributed by atoms with E-state index in [1.54, 1.807) is 0 Å². The van der Waals surface area contributed by atoms with E-state index in [4.69, 9.17) is 4.74 Å². The molecule has 1 atom stereocenters. The van der Waals surface area contributed by atoms with Crippen molar-refractivity contribution in [3.63, 3.8) is 0 Å². The molecule has 0 spiro atoms. The largest absolute Gasteiger partial charge is 0.381 e. The van der Waals surface area contributed by atoms with Crippen molar-refractivity contribution >= 4 is 0 Å². The van der Waals surface area contributed by atoms with Gasteiger partial charge in [-0.25, -0.2) is 0 Å². The van der Waals surface area contributed by atoms with Gasteiger partial charge in [-0.1, -0.05) is 6.92 Å². The molecule has 0 aromatic heterocycles. The Hall–Kier alpha value is -0.0800. The van der Waals surface area contributed by atoms with Gasteiger partial charge < -0.3 is 9.64 Å². The maximum atomic E-state index is 5.15. The van der Waals surface area contributed by atoms with Crippen molar-refractivity contribution in [2.75, 3.05) is 33.9 Å². The first-order valence-electron chi connectivity index (χ1n) is 4.42. The molecule has 11 heavy (non-hydrogen) atoms. The molecule has 0 N–H and O–H groups in total. The molecule has 2 nitrogen and oxygen atoms in total. The molecular weight excluding hydrogens is 138 g/mol. The second-order valence-electron chi connectivity index (χ2n) is 3.87. The Balaban J connectivity index is 2.05. The highest BCUT2D eigenvalue weighted by molar-refractivity contribution is 4.72. The van der Waals surface area contributed by atoms with Crippen molar-refractivity contribution in [1.29, 1.82) is 0 Å². The monoisotopic (exact) mass is 157 g/mol. The Morgan fingerprint density at radius 3 is 2.45 bits per heavy atom. The van der Waals surface area contributed by atoms with Crippen LogP contribution < -0.4 is 0 Å². The fourth-order valence-corrected chi connectivity index (χ4v) is 1.28. The Labute approximate surface area is 69.5 Å². The third kappa shape index (κ3) is 2.80. The summed E-state index contributed by atoms with van der Waals surface area (Å²) in [5, 5.41) is 0. The second-order valence-corrected chi connectivity index (χ2v) is 3.87. The lowest BCUT2D eigenvalue weighted by atomic mass is 9.90. The van der Waals surface area contributed by atoms with Crippen LogP contribution in [0.4, 0.5) is 0 Å². The molecule has 1 aliphatic rings. The van der Waals surface area contributed by atoms with Gasteiger partial charge in [0.1, 0.15) is 0 Å². The Morgan fingerprint density at radius 2 is 2.09 bits per heavy atom. The van der Waals surface area contributed by atoms with E-state index in [2.05, 4.69) is 25.9 Å². The Bertz CT molecular complexity index is 110. The lowest BCUT2D eigenvalue weighted by Gasteiger charge is -2.32. The van der Waals surface area contributed by atoms with Crippen molar-refractivity contribution in [3.8, 4) is 0 Å². The molecule has 0 aliphatic carbocycles. The lowest BCUT2D eigenvalue weighted by Crippen LogP contribution is -2.34. The summed E-state index contributed by atoms with van der Waals surface area (Å²) in [6.45, 7) is 5.53. The van der Waals surface area contributed by atoms with E-state index < -0.39 is 0 Å². The fourth-order valence-electron chi connectivity index (χ4n) is 1.28. The molecule has 1 rings (SSSR count). The molecule has 1 aliphatic heterocycles. The van der Waals surface area contributed by atoms with Crippen molar-refractivity contribution in [2.45, 2.75) is 13.3 Å². The molecule has 1 saturated heterocycles. The molecule has 0 radical (unpaired) electrons. The average molecular weight is 157 g/mol. The average Bonchev–Trinajstić information content (AvgIpc) is 1.79. The smallest absolute Gasteiger partial charge is 0.0519 e. The summed E-state index contributed by atoms with van der Waals surface area (Å²) < 4.78 is 5.15. The summed E-state index contributed by atoms with van der Waals surface area (Å²) in [5.41, 5.74) is 0. The molecule has 0 saturated carbocycles. The third-order valence-electron chi connectivity index (χ3n) is 2.50. The van der Waals surface area contributed by atoms with Gasteiger partial charge in [-0.2, -0.15) is 0 Å². The predicted molar refractivity (Wildman–Crippen MR) is 46.6 cm³/mol. The first-order valence-corrected chi connectivity index (χ1v) is 4.42. The van der Waals surface area contributed by atoms with Gasteiger partial charge in [-0.05, 0) is 33.0 Å². The third-order valence-corrected chi connectivity index (χ3v) is 2.50. The molecule has 1 fully saturated rings. The van der Waals surface area contributed by atoms with E-state index in [1.165, 1.54) is 13.0 Å². The van der Waals surface area contributed by atoms with E-state index in [-0.39, 0.29) is 0 Å². The second kappa shape index (κ2) is 4.07. The van der Waals surface area contributed by atoms with Crippen LogP contribution in [-0.2, 0) is 4.74 Å². The zero-order chi connectivity index (χ0) is 8.27. The number of ether oxygens (including phenoxy) is 1. The van der Waals surface area contributed by atoms with Gasteiger partial charge in [-0.3, -0.25) is 0 Å². The van der Waals surface area contributed by atoms with E-state index in [0.717, 1.165) is 25.0 Å². The minimum atomic E-state index is 0.839. The van der Waals surface area contributed by atoms with Gasteiger partial charge in [0.25, 0.3) is 0 Å². The molecular formula is C9H19NO. The van der Waals surface area contributed by atoms with Crippen molar-refractivity contribution in [3.05, 3.63) is 0 Å². The molecule has 0 bridgehead atoms. The summed E-state index contributed by atoms with van der Waals surface area (Å²) in [6.07, 6.45) is 1.31. The highest BCUT2D eigenvalue weighted by Gasteiger charge is 2.24. The maximum absolute atomic E-state index is 5.15. The SMILES string of the molecule is CC(CCN(C)C)C1COC1. The Morgan fingerprint density at radius 1 is 1.45 bits per heavy atom. The summed E-state index contributed by atoms with van der Waals surface area (Å²) in [4.78, 5) is 2.25. The summed E-state index contributed by atoms with van der Waals surface area (Å²) in [6, 6.07) is 0. The van der Waals surface area contributed by atoms with Crippen LogP contribution in [0.2, 0.25) is 0 Å². The Kier molecular flexibility index (Phi) is 3.34.